The maximum absolute atomic E-state index is 12.9. The van der Waals surface area contributed by atoms with E-state index in [0.29, 0.717) is 25.4 Å². The van der Waals surface area contributed by atoms with Crippen molar-refractivity contribution in [3.05, 3.63) is 48.0 Å². The van der Waals surface area contributed by atoms with Crippen molar-refractivity contribution in [2.75, 3.05) is 26.2 Å². The topological polar surface area (TPSA) is 98.7 Å². The first-order chi connectivity index (χ1) is 14.5. The predicted octanol–water partition coefficient (Wildman–Crippen LogP) is 2.53. The minimum Gasteiger partial charge on any atom is -0.481 e. The number of nitrogens with one attached hydrogen (secondary N) is 2. The maximum atomic E-state index is 12.9. The lowest BCUT2D eigenvalue weighted by molar-refractivity contribution is -0.138. The first-order valence-electron chi connectivity index (χ1n) is 10.8. The number of carbonyl (C=O) groups is 3. The highest BCUT2D eigenvalue weighted by Crippen LogP contribution is 2.22. The highest BCUT2D eigenvalue weighted by molar-refractivity contribution is 5.88. The fourth-order valence-corrected chi connectivity index (χ4v) is 4.15. The first kappa shape index (κ1) is 24.9. The lowest BCUT2D eigenvalue weighted by atomic mass is 9.95. The molecule has 3 rings (SSSR count). The third kappa shape index (κ3) is 7.67. The maximum Gasteiger partial charge on any atom is 0.305 e. The van der Waals surface area contributed by atoms with Gasteiger partial charge in [0.05, 0.1) is 18.4 Å². The van der Waals surface area contributed by atoms with Crippen LogP contribution in [0.3, 0.4) is 0 Å². The number of carbonyl (C=O) groups excluding carboxylic acids is 2. The molecule has 0 aromatic heterocycles. The van der Waals surface area contributed by atoms with Crippen LogP contribution in [0.1, 0.15) is 43.7 Å². The van der Waals surface area contributed by atoms with E-state index < -0.39 is 12.0 Å². The fourth-order valence-electron chi connectivity index (χ4n) is 4.15. The number of carboxylic acids is 1. The molecule has 3 N–H and O–H groups in total. The van der Waals surface area contributed by atoms with E-state index in [1.54, 1.807) is 11.0 Å². The molecule has 170 valence electrons. The van der Waals surface area contributed by atoms with Crippen LogP contribution < -0.4 is 10.6 Å². The van der Waals surface area contributed by atoms with Gasteiger partial charge in [0, 0.05) is 13.1 Å². The second kappa shape index (κ2) is 12.5. The summed E-state index contributed by atoms with van der Waals surface area (Å²) in [7, 11) is 0. The summed E-state index contributed by atoms with van der Waals surface area (Å²) in [5.74, 6) is -1.09. The molecule has 1 aromatic rings. The van der Waals surface area contributed by atoms with Crippen molar-refractivity contribution >= 4 is 30.2 Å². The fraction of sp³-hybridized carbons (Fsp3) is 0.522. The summed E-state index contributed by atoms with van der Waals surface area (Å²) in [4.78, 5) is 38.5. The summed E-state index contributed by atoms with van der Waals surface area (Å²) in [6.45, 7) is 2.98. The Morgan fingerprint density at radius 1 is 1.16 bits per heavy atom. The molecule has 2 aliphatic heterocycles. The van der Waals surface area contributed by atoms with Gasteiger partial charge in [-0.15, -0.1) is 12.4 Å². The van der Waals surface area contributed by atoms with Gasteiger partial charge in [0.2, 0.25) is 11.8 Å². The molecule has 2 aliphatic rings. The molecule has 8 heteroatoms. The van der Waals surface area contributed by atoms with Crippen molar-refractivity contribution < 1.29 is 19.5 Å². The summed E-state index contributed by atoms with van der Waals surface area (Å²) >= 11 is 0. The summed E-state index contributed by atoms with van der Waals surface area (Å²) < 4.78 is 0. The zero-order chi connectivity index (χ0) is 21.3. The third-order valence-electron chi connectivity index (χ3n) is 5.90. The van der Waals surface area contributed by atoms with Gasteiger partial charge in [-0.25, -0.2) is 0 Å². The largest absolute Gasteiger partial charge is 0.481 e. The van der Waals surface area contributed by atoms with E-state index in [1.165, 1.54) is 0 Å². The van der Waals surface area contributed by atoms with Crippen molar-refractivity contribution in [1.29, 1.82) is 0 Å². The number of nitrogens with zero attached hydrogens (tertiary/aromatic N) is 1. The molecule has 2 heterocycles. The van der Waals surface area contributed by atoms with Crippen molar-refractivity contribution in [1.82, 2.24) is 15.5 Å². The number of amides is 2. The molecule has 1 aromatic carbocycles. The molecule has 1 unspecified atom stereocenters. The van der Waals surface area contributed by atoms with Gasteiger partial charge in [-0.1, -0.05) is 36.4 Å². The van der Waals surface area contributed by atoms with Gasteiger partial charge >= 0.3 is 5.97 Å². The molecule has 2 amide bonds. The molecule has 31 heavy (non-hydrogen) atoms. The Labute approximate surface area is 189 Å². The van der Waals surface area contributed by atoms with Crippen LogP contribution in [0.15, 0.2) is 42.5 Å². The van der Waals surface area contributed by atoms with Crippen LogP contribution in [0.5, 0.6) is 0 Å². The molecule has 2 atom stereocenters. The van der Waals surface area contributed by atoms with Gasteiger partial charge in [0.15, 0.2) is 0 Å². The molecule has 0 spiro atoms. The molecule has 2 saturated heterocycles. The summed E-state index contributed by atoms with van der Waals surface area (Å²) in [5.41, 5.74) is 0.766. The normalized spacial score (nSPS) is 20.6. The van der Waals surface area contributed by atoms with Crippen molar-refractivity contribution in [2.45, 2.75) is 38.1 Å². The zero-order valence-corrected chi connectivity index (χ0v) is 18.5. The Bertz CT molecular complexity index is 765. The number of hydrogen-bond donors (Lipinski definition) is 3. The van der Waals surface area contributed by atoms with Crippen molar-refractivity contribution in [2.24, 2.45) is 11.8 Å². The Balaban J connectivity index is 0.00000341. The van der Waals surface area contributed by atoms with Gasteiger partial charge < -0.3 is 20.6 Å². The second-order valence-corrected chi connectivity index (χ2v) is 8.14. The zero-order valence-electron chi connectivity index (χ0n) is 17.7. The highest BCUT2D eigenvalue weighted by Gasteiger charge is 2.29. The summed E-state index contributed by atoms with van der Waals surface area (Å²) in [6, 6.07) is 8.55. The lowest BCUT2D eigenvalue weighted by Crippen LogP contribution is -2.46. The smallest absolute Gasteiger partial charge is 0.305 e. The van der Waals surface area contributed by atoms with Crippen LogP contribution in [0.2, 0.25) is 0 Å². The standard InChI is InChI=1S/C23H31N3O4.ClH/c27-21(9-8-17-10-12-24-13-11-17)26-14-4-7-19(16-26)23(30)25-20(15-22(28)29)18-5-2-1-3-6-18;/h1-3,5-6,8-9,17,19-20,24H,4,7,10-16H2,(H,25,30)(H,28,29);1H/b9-8+;/t19-,20?;/m1./s1. The van der Waals surface area contributed by atoms with Crippen molar-refractivity contribution in [3.63, 3.8) is 0 Å². The van der Waals surface area contributed by atoms with Gasteiger partial charge in [-0.2, -0.15) is 0 Å². The van der Waals surface area contributed by atoms with Crippen LogP contribution in [0.25, 0.3) is 0 Å². The molecule has 7 nitrogen and oxygen atoms in total. The minimum atomic E-state index is -0.965. The molecule has 0 aliphatic carbocycles. The monoisotopic (exact) mass is 449 g/mol. The van der Waals surface area contributed by atoms with Crippen LogP contribution in [0.4, 0.5) is 0 Å². The molecular formula is C23H32ClN3O4. The highest BCUT2D eigenvalue weighted by atomic mass is 35.5. The molecule has 0 radical (unpaired) electrons. The first-order valence-corrected chi connectivity index (χ1v) is 10.8. The number of rotatable bonds is 7. The van der Waals surface area contributed by atoms with Crippen LogP contribution in [0, 0.1) is 11.8 Å². The van der Waals surface area contributed by atoms with Gasteiger partial charge in [0.25, 0.3) is 0 Å². The molecular weight excluding hydrogens is 418 g/mol. The summed E-state index contributed by atoms with van der Waals surface area (Å²) in [5, 5.41) is 15.4. The Hall–Kier alpha value is -2.38. The number of hydrogen-bond acceptors (Lipinski definition) is 4. The molecule has 2 fully saturated rings. The third-order valence-corrected chi connectivity index (χ3v) is 5.90. The van der Waals surface area contributed by atoms with E-state index in [9.17, 15) is 19.5 Å². The summed E-state index contributed by atoms with van der Waals surface area (Å²) in [6.07, 6.45) is 7.03. The second-order valence-electron chi connectivity index (χ2n) is 8.14. The van der Waals surface area contributed by atoms with Crippen LogP contribution in [-0.4, -0.2) is 54.0 Å². The number of carboxylic acid groups (broad SMARTS) is 1. The van der Waals surface area contributed by atoms with Crippen LogP contribution >= 0.6 is 12.4 Å². The Morgan fingerprint density at radius 3 is 2.55 bits per heavy atom. The van der Waals surface area contributed by atoms with E-state index in [-0.39, 0.29) is 36.6 Å². The number of benzene rings is 1. The number of piperidine rings is 2. The Kier molecular flexibility index (Phi) is 10.0. The predicted molar refractivity (Wildman–Crippen MR) is 121 cm³/mol. The van der Waals surface area contributed by atoms with Gasteiger partial charge in [-0.3, -0.25) is 14.4 Å². The van der Waals surface area contributed by atoms with Crippen molar-refractivity contribution in [3.8, 4) is 0 Å². The average molecular weight is 450 g/mol. The average Bonchev–Trinajstić information content (AvgIpc) is 2.78. The van der Waals surface area contributed by atoms with E-state index in [4.69, 9.17) is 0 Å². The van der Waals surface area contributed by atoms with E-state index >= 15 is 0 Å². The number of allylic oxidation sites excluding steroid dienone is 1. The molecule has 0 saturated carbocycles. The van der Waals surface area contributed by atoms with Gasteiger partial charge in [-0.05, 0) is 56.3 Å². The molecule has 0 bridgehead atoms. The number of halogens is 1. The van der Waals surface area contributed by atoms with Crippen LogP contribution in [-0.2, 0) is 14.4 Å². The lowest BCUT2D eigenvalue weighted by Gasteiger charge is -2.32. The quantitative estimate of drug-likeness (QED) is 0.555. The number of likely N-dealkylation sites (tertiary alicyclic amines) is 1. The Morgan fingerprint density at radius 2 is 1.87 bits per heavy atom. The minimum absolute atomic E-state index is 0. The van der Waals surface area contributed by atoms with Gasteiger partial charge in [0.1, 0.15) is 0 Å². The van der Waals surface area contributed by atoms with E-state index in [0.717, 1.165) is 37.9 Å². The van der Waals surface area contributed by atoms with E-state index in [2.05, 4.69) is 10.6 Å². The number of aliphatic carboxylic acids is 1. The SMILES string of the molecule is Cl.O=C(O)CC(NC(=O)[C@@H]1CCCN(C(=O)/C=C/C2CCNCC2)C1)c1ccccc1. The van der Waals surface area contributed by atoms with E-state index in [1.807, 2.05) is 36.4 Å².